The molecular formula is C18H15F6N3O3S. The van der Waals surface area contributed by atoms with E-state index in [4.69, 9.17) is 0 Å². The average molecular weight is 467 g/mol. The van der Waals surface area contributed by atoms with Crippen molar-refractivity contribution in [2.24, 2.45) is 5.92 Å². The molecular weight excluding hydrogens is 452 g/mol. The summed E-state index contributed by atoms with van der Waals surface area (Å²) in [4.78, 5) is 17.7. The van der Waals surface area contributed by atoms with Gasteiger partial charge < -0.3 is 5.32 Å². The molecule has 3 rings (SSSR count). The third kappa shape index (κ3) is 5.14. The first-order valence-corrected chi connectivity index (χ1v) is 10.4. The molecule has 1 aliphatic rings. The summed E-state index contributed by atoms with van der Waals surface area (Å²) in [6.45, 7) is 0.0501. The largest absolute Gasteiger partial charge is 0.451 e. The fourth-order valence-electron chi connectivity index (χ4n) is 3.07. The van der Waals surface area contributed by atoms with Crippen LogP contribution < -0.4 is 5.32 Å². The quantitative estimate of drug-likeness (QED) is 0.680. The first-order valence-electron chi connectivity index (χ1n) is 8.87. The normalized spacial score (nSPS) is 19.5. The van der Waals surface area contributed by atoms with Gasteiger partial charge in [0.2, 0.25) is 5.82 Å². The maximum atomic E-state index is 12.8. The Kier molecular flexibility index (Phi) is 6.00. The molecule has 1 aromatic carbocycles. The van der Waals surface area contributed by atoms with Crippen molar-refractivity contribution in [3.63, 3.8) is 0 Å². The molecule has 6 nitrogen and oxygen atoms in total. The molecule has 0 saturated heterocycles. The van der Waals surface area contributed by atoms with Crippen LogP contribution in [-0.4, -0.2) is 36.1 Å². The number of hydrogen-bond acceptors (Lipinski definition) is 5. The summed E-state index contributed by atoms with van der Waals surface area (Å²) < 4.78 is 101. The minimum absolute atomic E-state index is 0.0501. The van der Waals surface area contributed by atoms with Crippen molar-refractivity contribution in [1.29, 1.82) is 0 Å². The number of carbonyl (C=O) groups is 1. The molecule has 0 aliphatic heterocycles. The number of nitrogens with one attached hydrogen (secondary N) is 1. The lowest BCUT2D eigenvalue weighted by molar-refractivity contribution is -0.145. The third-order valence-corrected chi connectivity index (χ3v) is 7.01. The highest BCUT2D eigenvalue weighted by molar-refractivity contribution is 7.92. The molecule has 1 fully saturated rings. The second-order valence-corrected chi connectivity index (χ2v) is 9.26. The number of hydrogen-bond donors (Lipinski definition) is 1. The Labute approximate surface area is 172 Å². The van der Waals surface area contributed by atoms with Gasteiger partial charge >= 0.3 is 12.4 Å². The highest BCUT2D eigenvalue weighted by Crippen LogP contribution is 2.37. The summed E-state index contributed by atoms with van der Waals surface area (Å²) in [5.74, 6) is -2.35. The van der Waals surface area contributed by atoms with Crippen molar-refractivity contribution in [2.45, 2.75) is 35.3 Å². The molecule has 1 heterocycles. The topological polar surface area (TPSA) is 89.0 Å². The Morgan fingerprint density at radius 1 is 1.03 bits per heavy atom. The number of aromatic nitrogens is 2. The van der Waals surface area contributed by atoms with E-state index in [0.717, 1.165) is 30.6 Å². The second-order valence-electron chi connectivity index (χ2n) is 7.03. The van der Waals surface area contributed by atoms with Gasteiger partial charge in [0.25, 0.3) is 5.91 Å². The summed E-state index contributed by atoms with van der Waals surface area (Å²) in [5.41, 5.74) is -1.25. The van der Waals surface area contributed by atoms with Gasteiger partial charge in [-0.15, -0.1) is 0 Å². The SMILES string of the molecule is O=C(NC[C@H]1C[C@H](S(=O)(=O)c2cccc(C(F)(F)F)c2)C1)c1cnc(C(F)(F)F)nc1. The lowest BCUT2D eigenvalue weighted by Gasteiger charge is -2.35. The van der Waals surface area contributed by atoms with Crippen LogP contribution >= 0.6 is 0 Å². The van der Waals surface area contributed by atoms with Gasteiger partial charge in [0.15, 0.2) is 9.84 Å². The lowest BCUT2D eigenvalue weighted by atomic mass is 9.85. The van der Waals surface area contributed by atoms with Crippen molar-refractivity contribution < 1.29 is 39.6 Å². The van der Waals surface area contributed by atoms with Crippen LogP contribution in [0, 0.1) is 5.92 Å². The Bertz CT molecular complexity index is 1060. The highest BCUT2D eigenvalue weighted by Gasteiger charge is 2.41. The molecule has 1 saturated carbocycles. The summed E-state index contributed by atoms with van der Waals surface area (Å²) in [7, 11) is -3.97. The standard InChI is InChI=1S/C18H15F6N3O3S/c19-17(20,21)12-2-1-3-13(6-12)31(29,30)14-4-10(5-14)7-25-15(28)11-8-26-16(27-9-11)18(22,23)24/h1-3,6,8-10,14H,4-5,7H2,(H,25,28)/t10-,14-. The molecule has 1 aliphatic carbocycles. The summed E-state index contributed by atoms with van der Waals surface area (Å²) >= 11 is 0. The number of sulfone groups is 1. The van der Waals surface area contributed by atoms with Crippen molar-refractivity contribution in [2.75, 3.05) is 6.54 Å². The zero-order valence-corrected chi connectivity index (χ0v) is 16.4. The van der Waals surface area contributed by atoms with Crippen LogP contribution in [0.4, 0.5) is 26.3 Å². The van der Waals surface area contributed by atoms with Crippen LogP contribution in [0.15, 0.2) is 41.6 Å². The Morgan fingerprint density at radius 3 is 2.19 bits per heavy atom. The number of halogens is 6. The Morgan fingerprint density at radius 2 is 1.65 bits per heavy atom. The van der Waals surface area contributed by atoms with Gasteiger partial charge in [-0.2, -0.15) is 26.3 Å². The molecule has 0 bridgehead atoms. The predicted molar refractivity (Wildman–Crippen MR) is 94.5 cm³/mol. The Balaban J connectivity index is 1.55. The van der Waals surface area contributed by atoms with Crippen LogP contribution in [-0.2, 0) is 22.2 Å². The summed E-state index contributed by atoms with van der Waals surface area (Å²) in [5, 5.41) is 1.57. The van der Waals surface area contributed by atoms with E-state index in [2.05, 4.69) is 15.3 Å². The lowest BCUT2D eigenvalue weighted by Crippen LogP contribution is -2.42. The number of carbonyl (C=O) groups excluding carboxylic acids is 1. The molecule has 0 unspecified atom stereocenters. The molecule has 168 valence electrons. The first-order chi connectivity index (χ1) is 14.3. The van der Waals surface area contributed by atoms with E-state index in [1.807, 2.05) is 0 Å². The van der Waals surface area contributed by atoms with Gasteiger partial charge in [-0.25, -0.2) is 18.4 Å². The molecule has 0 radical (unpaired) electrons. The van der Waals surface area contributed by atoms with Gasteiger partial charge in [0.1, 0.15) is 0 Å². The van der Waals surface area contributed by atoms with E-state index in [9.17, 15) is 39.6 Å². The van der Waals surface area contributed by atoms with Crippen molar-refractivity contribution in [1.82, 2.24) is 15.3 Å². The first kappa shape index (κ1) is 23.0. The van der Waals surface area contributed by atoms with E-state index >= 15 is 0 Å². The zero-order chi connectivity index (χ0) is 23.0. The van der Waals surface area contributed by atoms with E-state index in [0.29, 0.717) is 6.07 Å². The number of amides is 1. The number of rotatable bonds is 5. The monoisotopic (exact) mass is 467 g/mol. The fourth-order valence-corrected chi connectivity index (χ4v) is 5.06. The molecule has 1 aromatic heterocycles. The maximum Gasteiger partial charge on any atom is 0.451 e. The van der Waals surface area contributed by atoms with Gasteiger partial charge in [0, 0.05) is 18.9 Å². The number of alkyl halides is 6. The summed E-state index contributed by atoms with van der Waals surface area (Å²) in [6, 6.07) is 3.50. The average Bonchev–Trinajstić information content (AvgIpc) is 2.65. The van der Waals surface area contributed by atoms with Gasteiger partial charge in [0.05, 0.1) is 21.3 Å². The zero-order valence-electron chi connectivity index (χ0n) is 15.5. The Hall–Kier alpha value is -2.70. The number of nitrogens with zero attached hydrogens (tertiary/aromatic N) is 2. The molecule has 2 aromatic rings. The predicted octanol–water partition coefficient (Wildman–Crippen LogP) is 3.50. The van der Waals surface area contributed by atoms with Crippen LogP contribution in [0.1, 0.15) is 34.6 Å². The second kappa shape index (κ2) is 8.09. The van der Waals surface area contributed by atoms with Crippen molar-refractivity contribution in [3.05, 3.63) is 53.6 Å². The van der Waals surface area contributed by atoms with E-state index in [1.165, 1.54) is 0 Å². The van der Waals surface area contributed by atoms with Crippen LogP contribution in [0.3, 0.4) is 0 Å². The van der Waals surface area contributed by atoms with E-state index in [-0.39, 0.29) is 30.9 Å². The smallest absolute Gasteiger partial charge is 0.352 e. The molecule has 1 N–H and O–H groups in total. The molecule has 0 spiro atoms. The van der Waals surface area contributed by atoms with Crippen molar-refractivity contribution >= 4 is 15.7 Å². The minimum atomic E-state index is -4.74. The van der Waals surface area contributed by atoms with E-state index < -0.39 is 49.6 Å². The van der Waals surface area contributed by atoms with Crippen molar-refractivity contribution in [3.8, 4) is 0 Å². The number of benzene rings is 1. The molecule has 31 heavy (non-hydrogen) atoms. The van der Waals surface area contributed by atoms with Gasteiger partial charge in [-0.1, -0.05) is 6.07 Å². The fraction of sp³-hybridized carbons (Fsp3) is 0.389. The van der Waals surface area contributed by atoms with Gasteiger partial charge in [-0.3, -0.25) is 4.79 Å². The maximum absolute atomic E-state index is 12.8. The minimum Gasteiger partial charge on any atom is -0.352 e. The van der Waals surface area contributed by atoms with E-state index in [1.54, 1.807) is 0 Å². The summed E-state index contributed by atoms with van der Waals surface area (Å²) in [6.07, 6.45) is -7.69. The molecule has 1 amide bonds. The van der Waals surface area contributed by atoms with Gasteiger partial charge in [-0.05, 0) is 37.0 Å². The van der Waals surface area contributed by atoms with Crippen LogP contribution in [0.5, 0.6) is 0 Å². The molecule has 0 atom stereocenters. The third-order valence-electron chi connectivity index (χ3n) is 4.84. The highest BCUT2D eigenvalue weighted by atomic mass is 32.2. The van der Waals surface area contributed by atoms with Crippen LogP contribution in [0.2, 0.25) is 0 Å². The molecule has 13 heteroatoms. The van der Waals surface area contributed by atoms with Crippen LogP contribution in [0.25, 0.3) is 0 Å².